The summed E-state index contributed by atoms with van der Waals surface area (Å²) in [5, 5.41) is 16.9. The molecule has 1 aromatic rings. The van der Waals surface area contributed by atoms with Gasteiger partial charge in [-0.05, 0) is 18.2 Å². The van der Waals surface area contributed by atoms with E-state index in [4.69, 9.17) is 10.2 Å². The Bertz CT molecular complexity index is 550. The minimum Gasteiger partial charge on any atom is -0.477 e. The predicted octanol–water partition coefficient (Wildman–Crippen LogP) is 2.15. The Labute approximate surface area is 103 Å². The van der Waals surface area contributed by atoms with E-state index >= 15 is 0 Å². The standard InChI is InChI=1S/C11H6F4O4/c12-7-2-1-5(3-8(7)13)11(14,15)4-6(9(16)17)10(18)19/h1-4H,(H,16,17)(H,18,19). The zero-order valence-corrected chi connectivity index (χ0v) is 9.03. The highest BCUT2D eigenvalue weighted by Gasteiger charge is 2.33. The highest BCUT2D eigenvalue weighted by molar-refractivity contribution is 6.12. The molecular formula is C11H6F4O4. The molecule has 0 bridgehead atoms. The van der Waals surface area contributed by atoms with Gasteiger partial charge in [-0.1, -0.05) is 0 Å². The van der Waals surface area contributed by atoms with Crippen LogP contribution in [-0.2, 0) is 15.5 Å². The fraction of sp³-hybridized carbons (Fsp3) is 0.0909. The first kappa shape index (κ1) is 14.7. The van der Waals surface area contributed by atoms with Crippen molar-refractivity contribution in [2.45, 2.75) is 5.92 Å². The second-order valence-corrected chi connectivity index (χ2v) is 3.42. The van der Waals surface area contributed by atoms with Crippen LogP contribution in [-0.4, -0.2) is 22.2 Å². The lowest BCUT2D eigenvalue weighted by Crippen LogP contribution is -2.18. The van der Waals surface area contributed by atoms with Gasteiger partial charge in [0.05, 0.1) is 0 Å². The minimum absolute atomic E-state index is 0.160. The van der Waals surface area contributed by atoms with Crippen LogP contribution in [0, 0.1) is 11.6 Å². The number of carbonyl (C=O) groups is 2. The van der Waals surface area contributed by atoms with E-state index < -0.39 is 40.6 Å². The van der Waals surface area contributed by atoms with Gasteiger partial charge in [0, 0.05) is 11.6 Å². The highest BCUT2D eigenvalue weighted by atomic mass is 19.3. The lowest BCUT2D eigenvalue weighted by atomic mass is 10.0. The fourth-order valence-corrected chi connectivity index (χ4v) is 1.18. The number of alkyl halides is 2. The molecule has 0 spiro atoms. The number of rotatable bonds is 4. The van der Waals surface area contributed by atoms with Crippen LogP contribution >= 0.6 is 0 Å². The number of halogens is 4. The Morgan fingerprint density at radius 3 is 2.00 bits per heavy atom. The minimum atomic E-state index is -4.07. The summed E-state index contributed by atoms with van der Waals surface area (Å²) in [6.07, 6.45) is -0.343. The van der Waals surface area contributed by atoms with Gasteiger partial charge in [0.25, 0.3) is 5.92 Å². The van der Waals surface area contributed by atoms with Crippen molar-refractivity contribution in [3.05, 3.63) is 47.0 Å². The highest BCUT2D eigenvalue weighted by Crippen LogP contribution is 2.31. The van der Waals surface area contributed by atoms with Crippen molar-refractivity contribution < 1.29 is 37.4 Å². The number of carboxylic acid groups (broad SMARTS) is 2. The van der Waals surface area contributed by atoms with E-state index in [-0.39, 0.29) is 12.1 Å². The van der Waals surface area contributed by atoms with E-state index in [9.17, 15) is 27.2 Å². The molecule has 0 aliphatic heterocycles. The van der Waals surface area contributed by atoms with Gasteiger partial charge in [-0.3, -0.25) is 0 Å². The molecule has 0 saturated carbocycles. The van der Waals surface area contributed by atoms with Crippen molar-refractivity contribution in [2.24, 2.45) is 0 Å². The Morgan fingerprint density at radius 2 is 1.58 bits per heavy atom. The quantitative estimate of drug-likeness (QED) is 0.383. The number of carboxylic acids is 2. The number of hydrogen-bond donors (Lipinski definition) is 2. The Kier molecular flexibility index (Phi) is 3.93. The summed E-state index contributed by atoms with van der Waals surface area (Å²) in [7, 11) is 0. The molecule has 0 atom stereocenters. The summed E-state index contributed by atoms with van der Waals surface area (Å²) in [6, 6.07) is 1.11. The SMILES string of the molecule is O=C(O)C(=CC(F)(F)c1ccc(F)c(F)c1)C(=O)O. The molecule has 0 amide bonds. The molecule has 0 aliphatic rings. The maximum Gasteiger partial charge on any atom is 0.343 e. The Balaban J connectivity index is 3.29. The van der Waals surface area contributed by atoms with Crippen molar-refractivity contribution in [1.29, 1.82) is 0 Å². The lowest BCUT2D eigenvalue weighted by Gasteiger charge is -2.13. The number of hydrogen-bond acceptors (Lipinski definition) is 2. The fourth-order valence-electron chi connectivity index (χ4n) is 1.18. The van der Waals surface area contributed by atoms with Crippen LogP contribution in [0.1, 0.15) is 5.56 Å². The molecule has 19 heavy (non-hydrogen) atoms. The molecule has 0 unspecified atom stereocenters. The van der Waals surface area contributed by atoms with Crippen molar-refractivity contribution in [3.63, 3.8) is 0 Å². The third kappa shape index (κ3) is 3.30. The summed E-state index contributed by atoms with van der Waals surface area (Å²) in [5.74, 6) is -11.1. The molecule has 102 valence electrons. The largest absolute Gasteiger partial charge is 0.477 e. The van der Waals surface area contributed by atoms with Crippen molar-refractivity contribution in [3.8, 4) is 0 Å². The molecule has 0 radical (unpaired) electrons. The van der Waals surface area contributed by atoms with Gasteiger partial charge in [0.15, 0.2) is 11.6 Å². The monoisotopic (exact) mass is 278 g/mol. The average molecular weight is 278 g/mol. The lowest BCUT2D eigenvalue weighted by molar-refractivity contribution is -0.140. The smallest absolute Gasteiger partial charge is 0.343 e. The predicted molar refractivity (Wildman–Crippen MR) is 53.6 cm³/mol. The number of benzene rings is 1. The maximum atomic E-state index is 13.5. The average Bonchev–Trinajstić information content (AvgIpc) is 2.28. The topological polar surface area (TPSA) is 74.6 Å². The second kappa shape index (κ2) is 5.09. The molecule has 8 heteroatoms. The van der Waals surface area contributed by atoms with E-state index in [1.807, 2.05) is 0 Å². The zero-order chi connectivity index (χ0) is 14.8. The summed E-state index contributed by atoms with van der Waals surface area (Å²) >= 11 is 0. The number of allylic oxidation sites excluding steroid dienone is 1. The van der Waals surface area contributed by atoms with Gasteiger partial charge in [-0.2, -0.15) is 8.78 Å². The Morgan fingerprint density at radius 1 is 1.05 bits per heavy atom. The normalized spacial score (nSPS) is 10.9. The molecule has 0 aliphatic carbocycles. The summed E-state index contributed by atoms with van der Waals surface area (Å²) in [6.45, 7) is 0. The summed E-state index contributed by atoms with van der Waals surface area (Å²) in [4.78, 5) is 20.9. The van der Waals surface area contributed by atoms with Crippen molar-refractivity contribution >= 4 is 11.9 Å². The van der Waals surface area contributed by atoms with Crippen LogP contribution in [0.3, 0.4) is 0 Å². The van der Waals surface area contributed by atoms with Crippen LogP contribution in [0.4, 0.5) is 17.6 Å². The first-order valence-electron chi connectivity index (χ1n) is 4.68. The van der Waals surface area contributed by atoms with E-state index in [0.29, 0.717) is 12.1 Å². The summed E-state index contributed by atoms with van der Waals surface area (Å²) < 4.78 is 52.5. The molecule has 2 N–H and O–H groups in total. The van der Waals surface area contributed by atoms with Gasteiger partial charge in [0.2, 0.25) is 0 Å². The third-order valence-corrected chi connectivity index (χ3v) is 2.09. The molecule has 0 saturated heterocycles. The van der Waals surface area contributed by atoms with Crippen LogP contribution < -0.4 is 0 Å². The summed E-state index contributed by atoms with van der Waals surface area (Å²) in [5.41, 5.74) is -2.64. The maximum absolute atomic E-state index is 13.5. The molecule has 0 aromatic heterocycles. The Hall–Kier alpha value is -2.38. The second-order valence-electron chi connectivity index (χ2n) is 3.42. The van der Waals surface area contributed by atoms with Crippen LogP contribution in [0.5, 0.6) is 0 Å². The molecule has 0 heterocycles. The van der Waals surface area contributed by atoms with Gasteiger partial charge in [-0.25, -0.2) is 18.4 Å². The van der Waals surface area contributed by atoms with Crippen molar-refractivity contribution in [1.82, 2.24) is 0 Å². The molecular weight excluding hydrogens is 272 g/mol. The van der Waals surface area contributed by atoms with E-state index in [2.05, 4.69) is 0 Å². The van der Waals surface area contributed by atoms with Crippen LogP contribution in [0.25, 0.3) is 0 Å². The van der Waals surface area contributed by atoms with Gasteiger partial charge < -0.3 is 10.2 Å². The van der Waals surface area contributed by atoms with E-state index in [1.54, 1.807) is 0 Å². The molecule has 4 nitrogen and oxygen atoms in total. The van der Waals surface area contributed by atoms with E-state index in [1.165, 1.54) is 0 Å². The molecule has 1 aromatic carbocycles. The molecule has 1 rings (SSSR count). The van der Waals surface area contributed by atoms with Crippen LogP contribution in [0.15, 0.2) is 29.8 Å². The molecule has 0 fully saturated rings. The van der Waals surface area contributed by atoms with Gasteiger partial charge >= 0.3 is 11.9 Å². The van der Waals surface area contributed by atoms with Gasteiger partial charge in [0.1, 0.15) is 5.57 Å². The van der Waals surface area contributed by atoms with E-state index in [0.717, 1.165) is 0 Å². The first-order chi connectivity index (χ1) is 8.65. The zero-order valence-electron chi connectivity index (χ0n) is 9.03. The third-order valence-electron chi connectivity index (χ3n) is 2.09. The van der Waals surface area contributed by atoms with Gasteiger partial charge in [-0.15, -0.1) is 0 Å². The first-order valence-corrected chi connectivity index (χ1v) is 4.68. The van der Waals surface area contributed by atoms with Crippen molar-refractivity contribution in [2.75, 3.05) is 0 Å². The number of aliphatic carboxylic acids is 2. The van der Waals surface area contributed by atoms with Crippen LogP contribution in [0.2, 0.25) is 0 Å².